The van der Waals surface area contributed by atoms with Crippen LogP contribution in [0.25, 0.3) is 11.1 Å². The molecular weight excluding hydrogens is 432 g/mol. The molecule has 0 aliphatic heterocycles. The number of likely N-dealkylation sites (N-methyl/N-ethyl adjacent to an activating group) is 1. The third-order valence-electron chi connectivity index (χ3n) is 7.52. The minimum atomic E-state index is -1.29. The summed E-state index contributed by atoms with van der Waals surface area (Å²) in [5.41, 5.74) is 3.37. The van der Waals surface area contributed by atoms with E-state index in [2.05, 4.69) is 29.6 Å². The van der Waals surface area contributed by atoms with Crippen LogP contribution in [-0.4, -0.2) is 53.7 Å². The van der Waals surface area contributed by atoms with E-state index in [4.69, 9.17) is 4.74 Å². The summed E-state index contributed by atoms with van der Waals surface area (Å²) in [6.07, 6.45) is 1.87. The van der Waals surface area contributed by atoms with E-state index in [1.54, 1.807) is 0 Å². The topological polar surface area (TPSA) is 95.9 Å². The highest BCUT2D eigenvalue weighted by atomic mass is 16.5. The zero-order chi connectivity index (χ0) is 24.5. The molecule has 180 valence electrons. The van der Waals surface area contributed by atoms with Gasteiger partial charge in [0, 0.05) is 25.4 Å². The number of carbonyl (C=O) groups excluding carboxylic acids is 2. The highest BCUT2D eigenvalue weighted by Gasteiger charge is 2.41. The summed E-state index contributed by atoms with van der Waals surface area (Å²) in [7, 11) is 1.53. The maximum atomic E-state index is 13.0. The smallest absolute Gasteiger partial charge is 0.407 e. The standard InChI is InChI=1S/C27H32N2O5/c1-27(2,25(31)32)29(3)24(30)18-14-8-9-17(18)15-28-26(33)34-16-23-21-12-6-4-10-19(21)20-11-5-7-13-22(20)23/h4-7,10-13,17-18,23H,8-9,14-16H2,1-3H3,(H,28,33)(H,31,32)/t17-,18-/m0/s1. The van der Waals surface area contributed by atoms with E-state index in [9.17, 15) is 19.5 Å². The third-order valence-corrected chi connectivity index (χ3v) is 7.52. The molecule has 0 spiro atoms. The lowest BCUT2D eigenvalue weighted by Gasteiger charge is -2.34. The molecule has 2 aromatic rings. The molecule has 1 saturated carbocycles. The average molecular weight is 465 g/mol. The Kier molecular flexibility index (Phi) is 6.64. The second-order valence-electron chi connectivity index (χ2n) is 9.77. The number of rotatable bonds is 7. The van der Waals surface area contributed by atoms with Gasteiger partial charge in [0.2, 0.25) is 5.91 Å². The van der Waals surface area contributed by atoms with Crippen LogP contribution >= 0.6 is 0 Å². The molecule has 2 aromatic carbocycles. The lowest BCUT2D eigenvalue weighted by molar-refractivity contribution is -0.157. The normalized spacial score (nSPS) is 19.3. The number of benzene rings is 2. The van der Waals surface area contributed by atoms with Gasteiger partial charge in [-0.2, -0.15) is 0 Å². The van der Waals surface area contributed by atoms with E-state index in [0.29, 0.717) is 13.0 Å². The molecule has 2 N–H and O–H groups in total. The van der Waals surface area contributed by atoms with Gasteiger partial charge in [-0.25, -0.2) is 9.59 Å². The van der Waals surface area contributed by atoms with E-state index in [1.165, 1.54) is 36.9 Å². The Morgan fingerprint density at radius 1 is 1.03 bits per heavy atom. The molecule has 0 unspecified atom stereocenters. The Balaban J connectivity index is 1.34. The molecule has 2 amide bonds. The number of hydrogen-bond acceptors (Lipinski definition) is 4. The molecule has 2 aliphatic rings. The van der Waals surface area contributed by atoms with E-state index in [-0.39, 0.29) is 30.3 Å². The van der Waals surface area contributed by atoms with Crippen LogP contribution in [0.2, 0.25) is 0 Å². The van der Waals surface area contributed by atoms with Gasteiger partial charge in [0.15, 0.2) is 0 Å². The molecule has 4 rings (SSSR count). The fourth-order valence-electron chi connectivity index (χ4n) is 5.14. The molecule has 0 heterocycles. The maximum Gasteiger partial charge on any atom is 0.407 e. The van der Waals surface area contributed by atoms with Gasteiger partial charge < -0.3 is 20.1 Å². The Bertz CT molecular complexity index is 1050. The van der Waals surface area contributed by atoms with Crippen molar-refractivity contribution in [2.75, 3.05) is 20.2 Å². The summed E-state index contributed by atoms with van der Waals surface area (Å²) >= 11 is 0. The minimum absolute atomic E-state index is 0.00847. The van der Waals surface area contributed by atoms with Crippen LogP contribution in [0.5, 0.6) is 0 Å². The van der Waals surface area contributed by atoms with Crippen molar-refractivity contribution < 1.29 is 24.2 Å². The Morgan fingerprint density at radius 3 is 2.21 bits per heavy atom. The van der Waals surface area contributed by atoms with Crippen LogP contribution in [0.15, 0.2) is 48.5 Å². The zero-order valence-corrected chi connectivity index (χ0v) is 19.9. The van der Waals surface area contributed by atoms with Crippen molar-refractivity contribution in [3.05, 3.63) is 59.7 Å². The van der Waals surface area contributed by atoms with Crippen molar-refractivity contribution in [2.45, 2.75) is 44.6 Å². The van der Waals surface area contributed by atoms with Crippen molar-refractivity contribution in [2.24, 2.45) is 11.8 Å². The first-order valence-corrected chi connectivity index (χ1v) is 11.8. The van der Waals surface area contributed by atoms with Crippen molar-refractivity contribution in [1.82, 2.24) is 10.2 Å². The van der Waals surface area contributed by atoms with Crippen molar-refractivity contribution >= 4 is 18.0 Å². The van der Waals surface area contributed by atoms with Crippen LogP contribution < -0.4 is 5.32 Å². The first-order valence-electron chi connectivity index (χ1n) is 11.8. The van der Waals surface area contributed by atoms with Gasteiger partial charge >= 0.3 is 12.1 Å². The zero-order valence-electron chi connectivity index (χ0n) is 19.9. The van der Waals surface area contributed by atoms with Crippen molar-refractivity contribution in [3.8, 4) is 11.1 Å². The largest absolute Gasteiger partial charge is 0.480 e. The molecule has 34 heavy (non-hydrogen) atoms. The molecule has 7 nitrogen and oxygen atoms in total. The van der Waals surface area contributed by atoms with Crippen molar-refractivity contribution in [1.29, 1.82) is 0 Å². The van der Waals surface area contributed by atoms with Crippen LogP contribution in [-0.2, 0) is 14.3 Å². The highest BCUT2D eigenvalue weighted by molar-refractivity contribution is 5.87. The quantitative estimate of drug-likeness (QED) is 0.638. The molecule has 0 aromatic heterocycles. The lowest BCUT2D eigenvalue weighted by Crippen LogP contribution is -2.53. The molecule has 7 heteroatoms. The summed E-state index contributed by atoms with van der Waals surface area (Å²) in [6.45, 7) is 3.61. The van der Waals surface area contributed by atoms with Gasteiger partial charge in [0.25, 0.3) is 0 Å². The Labute approximate surface area is 200 Å². The number of nitrogens with zero attached hydrogens (tertiary/aromatic N) is 1. The number of hydrogen-bond donors (Lipinski definition) is 2. The fourth-order valence-corrected chi connectivity index (χ4v) is 5.14. The molecule has 1 fully saturated rings. The van der Waals surface area contributed by atoms with Gasteiger partial charge in [-0.05, 0) is 54.9 Å². The molecule has 0 saturated heterocycles. The van der Waals surface area contributed by atoms with E-state index in [1.807, 2.05) is 24.3 Å². The van der Waals surface area contributed by atoms with E-state index in [0.717, 1.165) is 24.0 Å². The number of carboxylic acids is 1. The number of aliphatic carboxylic acids is 1. The predicted octanol–water partition coefficient (Wildman–Crippen LogP) is 4.26. The Morgan fingerprint density at radius 2 is 1.62 bits per heavy atom. The first-order chi connectivity index (χ1) is 16.2. The molecule has 2 atom stereocenters. The second-order valence-corrected chi connectivity index (χ2v) is 9.77. The number of nitrogens with one attached hydrogen (secondary N) is 1. The van der Waals surface area contributed by atoms with Gasteiger partial charge in [-0.15, -0.1) is 0 Å². The van der Waals surface area contributed by atoms with Gasteiger partial charge in [-0.1, -0.05) is 55.0 Å². The summed E-state index contributed by atoms with van der Waals surface area (Å²) in [5, 5.41) is 12.3. The number of alkyl carbamates (subject to hydrolysis) is 1. The average Bonchev–Trinajstić information content (AvgIpc) is 3.43. The second kappa shape index (κ2) is 9.49. The number of carbonyl (C=O) groups is 3. The van der Waals surface area contributed by atoms with Crippen LogP contribution in [0.4, 0.5) is 4.79 Å². The van der Waals surface area contributed by atoms with Crippen LogP contribution in [0.1, 0.15) is 50.2 Å². The number of amides is 2. The number of ether oxygens (including phenoxy) is 1. The fraction of sp³-hybridized carbons (Fsp3) is 0.444. The molecule has 0 bridgehead atoms. The monoisotopic (exact) mass is 464 g/mol. The van der Waals surface area contributed by atoms with E-state index >= 15 is 0 Å². The first kappa shape index (κ1) is 23.8. The lowest BCUT2D eigenvalue weighted by atomic mass is 9.92. The Hall–Kier alpha value is -3.35. The summed E-state index contributed by atoms with van der Waals surface area (Å²) in [5.74, 6) is -1.60. The summed E-state index contributed by atoms with van der Waals surface area (Å²) in [4.78, 5) is 38.4. The third kappa shape index (κ3) is 4.39. The molecular formula is C27H32N2O5. The van der Waals surface area contributed by atoms with Crippen LogP contribution in [0, 0.1) is 11.8 Å². The summed E-state index contributed by atoms with van der Waals surface area (Å²) < 4.78 is 5.61. The van der Waals surface area contributed by atoms with E-state index < -0.39 is 17.6 Å². The maximum absolute atomic E-state index is 13.0. The SMILES string of the molecule is CN(C(=O)[C@H]1CCC[C@H]1CNC(=O)OCC1c2ccccc2-c2ccccc21)C(C)(C)C(=O)O. The van der Waals surface area contributed by atoms with Crippen molar-refractivity contribution in [3.63, 3.8) is 0 Å². The minimum Gasteiger partial charge on any atom is -0.480 e. The van der Waals surface area contributed by atoms with Gasteiger partial charge in [0.1, 0.15) is 12.1 Å². The van der Waals surface area contributed by atoms with Gasteiger partial charge in [0.05, 0.1) is 0 Å². The van der Waals surface area contributed by atoms with Gasteiger partial charge in [-0.3, -0.25) is 4.79 Å². The van der Waals surface area contributed by atoms with Crippen LogP contribution in [0.3, 0.4) is 0 Å². The highest BCUT2D eigenvalue weighted by Crippen LogP contribution is 2.44. The summed E-state index contributed by atoms with van der Waals surface area (Å²) in [6, 6.07) is 16.4. The number of carboxylic acid groups (broad SMARTS) is 1. The number of fused-ring (bicyclic) bond motifs is 3. The molecule has 0 radical (unpaired) electrons. The predicted molar refractivity (Wildman–Crippen MR) is 128 cm³/mol. The molecule has 2 aliphatic carbocycles.